The maximum Gasteiger partial charge on any atom is 0.0714 e. The second-order valence-corrected chi connectivity index (χ2v) is 16.4. The molecule has 0 atom stereocenters. The molecule has 0 amide bonds. The Labute approximate surface area is 347 Å². The number of nitrogens with zero attached hydrogens (tertiary/aromatic N) is 1. The minimum Gasteiger partial charge on any atom is -0.309 e. The maximum atomic E-state index is 2.54. The molecule has 0 aromatic heterocycles. The lowest BCUT2D eigenvalue weighted by Gasteiger charge is -2.34. The molecular weight excluding hydrogens is 711 g/mol. The molecule has 2 aliphatic rings. The minimum absolute atomic E-state index is 0.154. The van der Waals surface area contributed by atoms with E-state index in [1.54, 1.807) is 0 Å². The van der Waals surface area contributed by atoms with Gasteiger partial charge in [0.1, 0.15) is 0 Å². The third-order valence-electron chi connectivity index (χ3n) is 13.0. The fourth-order valence-corrected chi connectivity index (χ4v) is 10.4. The predicted octanol–water partition coefficient (Wildman–Crippen LogP) is 15.2. The summed E-state index contributed by atoms with van der Waals surface area (Å²) in [5, 5.41) is 0. The first-order valence-corrected chi connectivity index (χ1v) is 20.7. The first kappa shape index (κ1) is 35.0. The molecule has 59 heavy (non-hydrogen) atoms. The van der Waals surface area contributed by atoms with Crippen LogP contribution in [0, 0.1) is 0 Å². The van der Waals surface area contributed by atoms with Gasteiger partial charge in [0.05, 0.1) is 16.8 Å². The fraction of sp³-hybridized carbons (Fsp3) is 0.0690. The Kier molecular flexibility index (Phi) is 8.13. The molecule has 0 spiro atoms. The summed E-state index contributed by atoms with van der Waals surface area (Å²) in [6.07, 6.45) is 0. The number of rotatable bonds is 7. The van der Waals surface area contributed by atoms with Crippen LogP contribution in [-0.4, -0.2) is 0 Å². The van der Waals surface area contributed by atoms with Crippen molar-refractivity contribution in [3.05, 3.63) is 258 Å². The van der Waals surface area contributed by atoms with E-state index in [0.717, 1.165) is 17.1 Å². The lowest BCUT2D eigenvalue weighted by atomic mass is 9.68. The average Bonchev–Trinajstić information content (AvgIpc) is 3.74. The molecule has 0 unspecified atom stereocenters. The van der Waals surface area contributed by atoms with Crippen molar-refractivity contribution < 1.29 is 0 Å². The lowest BCUT2D eigenvalue weighted by molar-refractivity contribution is 0.660. The summed E-state index contributed by atoms with van der Waals surface area (Å²) in [6, 6.07) is 83.0. The van der Waals surface area contributed by atoms with Crippen molar-refractivity contribution in [2.75, 3.05) is 4.90 Å². The molecule has 1 nitrogen and oxygen atoms in total. The van der Waals surface area contributed by atoms with Crippen LogP contribution in [-0.2, 0) is 10.8 Å². The molecule has 280 valence electrons. The monoisotopic (exact) mass is 753 g/mol. The van der Waals surface area contributed by atoms with Crippen molar-refractivity contribution in [1.82, 2.24) is 0 Å². The second-order valence-electron chi connectivity index (χ2n) is 16.4. The van der Waals surface area contributed by atoms with Crippen molar-refractivity contribution in [1.29, 1.82) is 0 Å². The van der Waals surface area contributed by atoms with E-state index >= 15 is 0 Å². The van der Waals surface area contributed by atoms with Crippen LogP contribution in [0.2, 0.25) is 0 Å². The van der Waals surface area contributed by atoms with E-state index in [4.69, 9.17) is 0 Å². The topological polar surface area (TPSA) is 3.24 Å². The number of hydrogen-bond donors (Lipinski definition) is 0. The molecule has 9 aromatic carbocycles. The summed E-state index contributed by atoms with van der Waals surface area (Å²) < 4.78 is 0. The van der Waals surface area contributed by atoms with Crippen LogP contribution in [0.4, 0.5) is 17.1 Å². The first-order valence-electron chi connectivity index (χ1n) is 20.7. The molecule has 0 fully saturated rings. The van der Waals surface area contributed by atoms with E-state index in [1.165, 1.54) is 77.9 Å². The molecule has 1 heteroatoms. The average molecular weight is 754 g/mol. The standard InChI is InChI=1S/C58H43N/c1-57(2)49-38-37-44(39-48(49)55-46(31-19-33-51(55)57)41-23-9-4-10-24-41)59(53-35-18-16-29-45(53)40-21-7-3-8-22-40)54-36-20-34-52-56(54)47-30-15-17-32-50(47)58(52,42-25-11-5-12-26-42)43-27-13-6-14-28-43/h3-39H,1-2H3. The normalized spacial score (nSPS) is 13.9. The molecule has 0 saturated carbocycles. The van der Waals surface area contributed by atoms with Crippen molar-refractivity contribution in [2.24, 2.45) is 0 Å². The number of para-hydroxylation sites is 1. The Hall–Kier alpha value is -7.22. The van der Waals surface area contributed by atoms with Gasteiger partial charge in [0.15, 0.2) is 0 Å². The first-order chi connectivity index (χ1) is 29.1. The Balaban J connectivity index is 1.23. The highest BCUT2D eigenvalue weighted by molar-refractivity contribution is 6.01. The van der Waals surface area contributed by atoms with E-state index in [9.17, 15) is 0 Å². The molecule has 2 aliphatic carbocycles. The SMILES string of the molecule is CC1(C)c2ccc(N(c3ccccc3-c3ccccc3)c3cccc4c3-c3ccccc3C4(c3ccccc3)c3ccccc3)cc2-c2c(-c3ccccc3)cccc21. The van der Waals surface area contributed by atoms with Crippen LogP contribution in [0.25, 0.3) is 44.5 Å². The maximum absolute atomic E-state index is 2.54. The molecule has 0 bridgehead atoms. The molecule has 0 N–H and O–H groups in total. The highest BCUT2D eigenvalue weighted by Crippen LogP contribution is 2.60. The molecule has 0 saturated heterocycles. The molecule has 11 rings (SSSR count). The van der Waals surface area contributed by atoms with Gasteiger partial charge < -0.3 is 4.90 Å². The minimum atomic E-state index is -0.513. The van der Waals surface area contributed by atoms with Gasteiger partial charge in [-0.1, -0.05) is 214 Å². The van der Waals surface area contributed by atoms with Crippen molar-refractivity contribution in [3.63, 3.8) is 0 Å². The predicted molar refractivity (Wildman–Crippen MR) is 247 cm³/mol. The van der Waals surface area contributed by atoms with Crippen molar-refractivity contribution >= 4 is 17.1 Å². The van der Waals surface area contributed by atoms with E-state index in [0.29, 0.717) is 0 Å². The van der Waals surface area contributed by atoms with Crippen LogP contribution >= 0.6 is 0 Å². The zero-order valence-corrected chi connectivity index (χ0v) is 33.3. The molecule has 0 aliphatic heterocycles. The zero-order valence-electron chi connectivity index (χ0n) is 33.3. The van der Waals surface area contributed by atoms with E-state index < -0.39 is 5.41 Å². The second kappa shape index (κ2) is 13.7. The summed E-state index contributed by atoms with van der Waals surface area (Å²) in [4.78, 5) is 2.54. The van der Waals surface area contributed by atoms with Crippen LogP contribution in [0.15, 0.2) is 224 Å². The van der Waals surface area contributed by atoms with E-state index in [-0.39, 0.29) is 5.41 Å². The highest BCUT2D eigenvalue weighted by Gasteiger charge is 2.47. The summed E-state index contributed by atoms with van der Waals surface area (Å²) in [7, 11) is 0. The van der Waals surface area contributed by atoms with E-state index in [1.807, 2.05) is 0 Å². The molecule has 0 heterocycles. The van der Waals surface area contributed by atoms with Gasteiger partial charge >= 0.3 is 0 Å². The summed E-state index contributed by atoms with van der Waals surface area (Å²) >= 11 is 0. The fourth-order valence-electron chi connectivity index (χ4n) is 10.4. The Morgan fingerprint density at radius 3 is 1.49 bits per heavy atom. The smallest absolute Gasteiger partial charge is 0.0714 e. The van der Waals surface area contributed by atoms with Crippen molar-refractivity contribution in [3.8, 4) is 44.5 Å². The van der Waals surface area contributed by atoms with Crippen LogP contribution in [0.1, 0.15) is 47.2 Å². The summed E-state index contributed by atoms with van der Waals surface area (Å²) in [5.74, 6) is 0. The number of benzene rings is 9. The largest absolute Gasteiger partial charge is 0.309 e. The van der Waals surface area contributed by atoms with Gasteiger partial charge in [0.2, 0.25) is 0 Å². The van der Waals surface area contributed by atoms with Crippen LogP contribution < -0.4 is 4.90 Å². The lowest BCUT2D eigenvalue weighted by Crippen LogP contribution is -2.28. The third-order valence-corrected chi connectivity index (χ3v) is 13.0. The van der Waals surface area contributed by atoms with Gasteiger partial charge in [-0.3, -0.25) is 0 Å². The van der Waals surface area contributed by atoms with Gasteiger partial charge in [0, 0.05) is 22.2 Å². The summed E-state index contributed by atoms with van der Waals surface area (Å²) in [5.41, 5.74) is 20.6. The van der Waals surface area contributed by atoms with Crippen LogP contribution in [0.5, 0.6) is 0 Å². The van der Waals surface area contributed by atoms with Gasteiger partial charge in [-0.05, 0) is 91.0 Å². The van der Waals surface area contributed by atoms with Crippen LogP contribution in [0.3, 0.4) is 0 Å². The number of fused-ring (bicyclic) bond motifs is 6. The highest BCUT2D eigenvalue weighted by atomic mass is 15.1. The number of anilines is 3. The van der Waals surface area contributed by atoms with E-state index in [2.05, 4.69) is 243 Å². The zero-order chi connectivity index (χ0) is 39.6. The Morgan fingerprint density at radius 1 is 0.322 bits per heavy atom. The Morgan fingerprint density at radius 2 is 0.814 bits per heavy atom. The number of hydrogen-bond acceptors (Lipinski definition) is 1. The quantitative estimate of drug-likeness (QED) is 0.157. The van der Waals surface area contributed by atoms with Crippen molar-refractivity contribution in [2.45, 2.75) is 24.7 Å². The van der Waals surface area contributed by atoms with Gasteiger partial charge in [0.25, 0.3) is 0 Å². The molecule has 9 aromatic rings. The van der Waals surface area contributed by atoms with Gasteiger partial charge in [-0.25, -0.2) is 0 Å². The van der Waals surface area contributed by atoms with Gasteiger partial charge in [-0.15, -0.1) is 0 Å². The summed E-state index contributed by atoms with van der Waals surface area (Å²) in [6.45, 7) is 4.75. The molecular formula is C58H43N. The Bertz CT molecular complexity index is 2960. The molecule has 0 radical (unpaired) electrons. The third kappa shape index (κ3) is 5.25. The van der Waals surface area contributed by atoms with Gasteiger partial charge in [-0.2, -0.15) is 0 Å².